The molecule has 4 heteroatoms. The first kappa shape index (κ1) is 32.6. The highest BCUT2D eigenvalue weighted by Gasteiger charge is 2.24. The molecule has 186 valence electrons. The van der Waals surface area contributed by atoms with Gasteiger partial charge in [0.1, 0.15) is 11.5 Å². The second-order valence-electron chi connectivity index (χ2n) is 7.57. The first-order valence-electron chi connectivity index (χ1n) is 12.8. The van der Waals surface area contributed by atoms with Crippen LogP contribution in [0.5, 0.6) is 0 Å². The predicted molar refractivity (Wildman–Crippen MR) is 148 cm³/mol. The molecule has 0 fully saturated rings. The first-order chi connectivity index (χ1) is 15.4. The average Bonchev–Trinajstić information content (AvgIpc) is 3.22. The molecule has 0 saturated carbocycles. The van der Waals surface area contributed by atoms with Crippen molar-refractivity contribution in [1.29, 1.82) is 0 Å². The maximum Gasteiger partial charge on any atom is 0.131 e. The van der Waals surface area contributed by atoms with E-state index in [9.17, 15) is 9.90 Å². The molecule has 1 N–H and O–H groups in total. The third-order valence-electron chi connectivity index (χ3n) is 5.14. The lowest BCUT2D eigenvalue weighted by Gasteiger charge is -2.34. The number of allylic oxidation sites excluding steroid dienone is 2. The van der Waals surface area contributed by atoms with Crippen molar-refractivity contribution in [2.45, 2.75) is 120 Å². The summed E-state index contributed by atoms with van der Waals surface area (Å²) in [4.78, 5) is 16.1. The van der Waals surface area contributed by atoms with Crippen molar-refractivity contribution in [2.24, 2.45) is 0 Å². The fraction of sp³-hybridized carbons (Fsp3) is 0.679. The zero-order chi connectivity index (χ0) is 25.1. The Morgan fingerprint density at radius 3 is 2.06 bits per heavy atom. The van der Waals surface area contributed by atoms with E-state index in [0.29, 0.717) is 19.0 Å². The lowest BCUT2D eigenvalue weighted by Crippen LogP contribution is -2.37. The smallest absolute Gasteiger partial charge is 0.131 e. The summed E-state index contributed by atoms with van der Waals surface area (Å²) in [6.45, 7) is 22.9. The highest BCUT2D eigenvalue weighted by Crippen LogP contribution is 2.40. The van der Waals surface area contributed by atoms with Gasteiger partial charge in [0.2, 0.25) is 0 Å². The van der Waals surface area contributed by atoms with E-state index in [0.717, 1.165) is 55.5 Å². The highest BCUT2D eigenvalue weighted by molar-refractivity contribution is 7.14. The number of anilines is 1. The Labute approximate surface area is 203 Å². The van der Waals surface area contributed by atoms with E-state index in [1.807, 2.05) is 27.7 Å². The van der Waals surface area contributed by atoms with Crippen molar-refractivity contribution >= 4 is 34.1 Å². The number of hydrogen-bond acceptors (Lipinski definition) is 4. The summed E-state index contributed by atoms with van der Waals surface area (Å²) < 4.78 is 0. The third kappa shape index (κ3) is 11.4. The maximum atomic E-state index is 11.7. The van der Waals surface area contributed by atoms with Crippen molar-refractivity contribution in [1.82, 2.24) is 0 Å². The number of hydrogen-bond donors (Lipinski definition) is 1. The topological polar surface area (TPSA) is 40.5 Å². The molecular weight excluding hydrogens is 414 g/mol. The molecule has 1 rings (SSSR count). The summed E-state index contributed by atoms with van der Waals surface area (Å²) in [6, 6.07) is 2.59. The van der Waals surface area contributed by atoms with Crippen LogP contribution in [0, 0.1) is 0 Å². The molecule has 3 nitrogen and oxygen atoms in total. The van der Waals surface area contributed by atoms with Gasteiger partial charge in [-0.1, -0.05) is 80.4 Å². The molecule has 0 aliphatic heterocycles. The number of aliphatic hydroxyl groups excluding tert-OH is 1. The van der Waals surface area contributed by atoms with Gasteiger partial charge in [0, 0.05) is 23.9 Å². The van der Waals surface area contributed by atoms with Gasteiger partial charge in [0.15, 0.2) is 0 Å². The molecule has 1 aromatic heterocycles. The molecule has 0 unspecified atom stereocenters. The molecule has 0 aromatic carbocycles. The molecule has 32 heavy (non-hydrogen) atoms. The van der Waals surface area contributed by atoms with Gasteiger partial charge in [-0.2, -0.15) is 0 Å². The number of aliphatic hydroxyl groups is 1. The van der Waals surface area contributed by atoms with Gasteiger partial charge in [-0.15, -0.1) is 11.3 Å². The summed E-state index contributed by atoms with van der Waals surface area (Å²) in [5.74, 6) is 0.324. The standard InChI is InChI=1S/C24H39NO2S.2C2H6/c1-7-11-14-20(10-4)23-17-22(24(28-23)19(6)27)25(16-15-18(5)26)21(12-8-2)13-9-3;2*1-2/h10,17,21,27H,6-9,11-16H2,1-5H3;2*1-2H3/b20-10+;;. The molecule has 0 saturated heterocycles. The van der Waals surface area contributed by atoms with E-state index >= 15 is 0 Å². The van der Waals surface area contributed by atoms with E-state index < -0.39 is 0 Å². The van der Waals surface area contributed by atoms with Gasteiger partial charge in [0.25, 0.3) is 0 Å². The molecule has 0 spiro atoms. The zero-order valence-corrected chi connectivity index (χ0v) is 23.3. The van der Waals surface area contributed by atoms with Crippen molar-refractivity contribution < 1.29 is 9.90 Å². The number of ketones is 1. The lowest BCUT2D eigenvalue weighted by molar-refractivity contribution is -0.116. The van der Waals surface area contributed by atoms with Crippen LogP contribution >= 0.6 is 11.3 Å². The molecule has 0 bridgehead atoms. The van der Waals surface area contributed by atoms with E-state index in [1.165, 1.54) is 10.5 Å². The number of rotatable bonds is 14. The maximum absolute atomic E-state index is 11.7. The monoisotopic (exact) mass is 465 g/mol. The highest BCUT2D eigenvalue weighted by atomic mass is 32.1. The van der Waals surface area contributed by atoms with Crippen molar-refractivity contribution in [3.63, 3.8) is 0 Å². The van der Waals surface area contributed by atoms with Crippen molar-refractivity contribution in [3.05, 3.63) is 28.5 Å². The van der Waals surface area contributed by atoms with Gasteiger partial charge < -0.3 is 10.0 Å². The molecule has 0 radical (unpaired) electrons. The minimum Gasteiger partial charge on any atom is -0.507 e. The SMILES string of the molecule is C=C(O)c1sc(/C(=C/C)CCCC)cc1N(CCC(C)=O)C(CCC)CCC.CC.CC. The summed E-state index contributed by atoms with van der Waals surface area (Å²) in [7, 11) is 0. The van der Waals surface area contributed by atoms with Crippen LogP contribution in [0.15, 0.2) is 18.7 Å². The van der Waals surface area contributed by atoms with Crippen molar-refractivity contribution in [3.8, 4) is 0 Å². The van der Waals surface area contributed by atoms with Crippen LogP contribution in [0.3, 0.4) is 0 Å². The van der Waals surface area contributed by atoms with Gasteiger partial charge in [-0.25, -0.2) is 0 Å². The van der Waals surface area contributed by atoms with Crippen LogP contribution in [0.4, 0.5) is 5.69 Å². The molecule has 0 aliphatic rings. The van der Waals surface area contributed by atoms with E-state index in [2.05, 4.69) is 51.3 Å². The van der Waals surface area contributed by atoms with Crippen LogP contribution in [-0.2, 0) is 4.79 Å². The minimum atomic E-state index is 0.122. The Morgan fingerprint density at radius 1 is 1.09 bits per heavy atom. The summed E-state index contributed by atoms with van der Waals surface area (Å²) in [6.07, 6.45) is 10.4. The number of carbonyl (C=O) groups excluding carboxylic acids is 1. The van der Waals surface area contributed by atoms with Gasteiger partial charge >= 0.3 is 0 Å². The van der Waals surface area contributed by atoms with Crippen LogP contribution in [-0.4, -0.2) is 23.5 Å². The summed E-state index contributed by atoms with van der Waals surface area (Å²) in [5.41, 5.74) is 2.37. The van der Waals surface area contributed by atoms with E-state index in [1.54, 1.807) is 18.3 Å². The number of Topliss-reactive ketones (excluding diaryl/α,β-unsaturated/α-hetero) is 1. The zero-order valence-electron chi connectivity index (χ0n) is 22.5. The van der Waals surface area contributed by atoms with E-state index in [-0.39, 0.29) is 11.5 Å². The largest absolute Gasteiger partial charge is 0.507 e. The predicted octanol–water partition coefficient (Wildman–Crippen LogP) is 9.68. The Hall–Kier alpha value is -1.55. The summed E-state index contributed by atoms with van der Waals surface area (Å²) >= 11 is 1.62. The molecule has 0 atom stereocenters. The van der Waals surface area contributed by atoms with Gasteiger partial charge in [-0.3, -0.25) is 4.79 Å². The third-order valence-corrected chi connectivity index (χ3v) is 6.39. The minimum absolute atomic E-state index is 0.122. The molecule has 0 amide bonds. The second kappa shape index (κ2) is 20.1. The molecular formula is C28H51NO2S. The summed E-state index contributed by atoms with van der Waals surface area (Å²) in [5, 5.41) is 10.3. The molecule has 0 aliphatic carbocycles. The Bertz CT molecular complexity index is 654. The quantitative estimate of drug-likeness (QED) is 0.278. The number of unbranched alkanes of at least 4 members (excludes halogenated alkanes) is 1. The number of carbonyl (C=O) groups is 1. The Balaban J connectivity index is 0. The molecule has 1 aromatic rings. The fourth-order valence-corrected chi connectivity index (χ4v) is 4.78. The van der Waals surface area contributed by atoms with Crippen LogP contribution in [0.2, 0.25) is 0 Å². The van der Waals surface area contributed by atoms with Crippen molar-refractivity contribution in [2.75, 3.05) is 11.4 Å². The average molecular weight is 466 g/mol. The van der Waals surface area contributed by atoms with Gasteiger partial charge in [-0.05, 0) is 51.2 Å². The van der Waals surface area contributed by atoms with Gasteiger partial charge in [0.05, 0.1) is 10.6 Å². The fourth-order valence-electron chi connectivity index (χ4n) is 3.64. The first-order valence-corrected chi connectivity index (χ1v) is 13.6. The van der Waals surface area contributed by atoms with Crippen LogP contribution in [0.1, 0.15) is 123 Å². The van der Waals surface area contributed by atoms with Crippen LogP contribution < -0.4 is 4.90 Å². The van der Waals surface area contributed by atoms with Crippen LogP contribution in [0.25, 0.3) is 11.3 Å². The molecule has 1 heterocycles. The number of thiophene rings is 1. The Morgan fingerprint density at radius 2 is 1.66 bits per heavy atom. The number of nitrogens with zero attached hydrogens (tertiary/aromatic N) is 1. The van der Waals surface area contributed by atoms with E-state index in [4.69, 9.17) is 0 Å². The second-order valence-corrected chi connectivity index (χ2v) is 8.62. The Kier molecular flexibility index (Phi) is 20.5. The normalized spacial score (nSPS) is 10.8. The lowest BCUT2D eigenvalue weighted by atomic mass is 10.0.